The number of thiophene rings is 2. The van der Waals surface area contributed by atoms with Crippen LogP contribution in [-0.2, 0) is 0 Å². The second-order valence-corrected chi connectivity index (χ2v) is 30.3. The molecule has 17 aromatic rings. The Morgan fingerprint density at radius 2 is 0.537 bits per heavy atom. The fraction of sp³-hybridized carbons (Fsp3) is 0. The maximum absolute atomic E-state index is 7.83. The van der Waals surface area contributed by atoms with Gasteiger partial charge in [-0.3, -0.25) is 0 Å². The second-order valence-electron chi connectivity index (χ2n) is 28.2. The van der Waals surface area contributed by atoms with Crippen molar-refractivity contribution in [2.75, 3.05) is 24.5 Å². The minimum Gasteiger partial charge on any atom is -0.458 e. The van der Waals surface area contributed by atoms with Crippen LogP contribution in [0.25, 0.3) is 20.2 Å². The Kier molecular flexibility index (Phi) is 13.6. The Hall–Kier alpha value is -13.4. The summed E-state index contributed by atoms with van der Waals surface area (Å²) in [4.78, 5) is 12.0. The Morgan fingerprint density at radius 3 is 0.954 bits per heavy atom. The van der Waals surface area contributed by atoms with Crippen molar-refractivity contribution in [3.8, 4) is 46.0 Å². The Bertz CT molecular complexity index is 6390. The quantitative estimate of drug-likeness (QED) is 0.118. The predicted octanol–water partition coefficient (Wildman–Crippen LogP) is 20.1. The van der Waals surface area contributed by atoms with Crippen LogP contribution in [0.5, 0.6) is 46.0 Å². The number of para-hydroxylation sites is 8. The molecule has 108 heavy (non-hydrogen) atoms. The van der Waals surface area contributed by atoms with Gasteiger partial charge in [0.25, 0.3) is 20.1 Å². The number of anilines is 15. The molecule has 6 aliphatic heterocycles. The van der Waals surface area contributed by atoms with Crippen molar-refractivity contribution in [1.82, 2.24) is 0 Å². The van der Waals surface area contributed by atoms with E-state index in [1.165, 1.54) is 14.9 Å². The molecule has 6 aliphatic rings. The fourth-order valence-corrected chi connectivity index (χ4v) is 20.2. The lowest BCUT2D eigenvalue weighted by Gasteiger charge is -2.44. The van der Waals surface area contributed by atoms with Gasteiger partial charge in [-0.05, 0) is 172 Å². The lowest BCUT2D eigenvalue weighted by Crippen LogP contribution is -2.64. The number of hydrogen-bond acceptors (Lipinski definition) is 11. The molecule has 0 spiro atoms. The summed E-state index contributed by atoms with van der Waals surface area (Å²) in [5.41, 5.74) is 22.8. The van der Waals surface area contributed by atoms with Gasteiger partial charge in [-0.1, -0.05) is 182 Å². The van der Waals surface area contributed by atoms with Crippen LogP contribution < -0.4 is 91.2 Å². The number of hydrogen-bond donors (Lipinski definition) is 0. The lowest BCUT2D eigenvalue weighted by molar-refractivity contribution is 0.458. The summed E-state index contributed by atoms with van der Waals surface area (Å²) in [5.74, 6) is 6.28. The van der Waals surface area contributed by atoms with Gasteiger partial charge in [-0.25, -0.2) is 0 Å². The summed E-state index contributed by atoms with van der Waals surface area (Å²) in [7, 11) is 0. The van der Waals surface area contributed by atoms with E-state index in [1.54, 1.807) is 11.3 Å². The smallest absolute Gasteiger partial charge is 0.273 e. The first-order valence-electron chi connectivity index (χ1n) is 36.6. The van der Waals surface area contributed by atoms with E-state index < -0.39 is 0 Å². The molecule has 0 aliphatic carbocycles. The molecule has 0 saturated carbocycles. The zero-order chi connectivity index (χ0) is 70.7. The van der Waals surface area contributed by atoms with E-state index in [4.69, 9.17) is 18.9 Å². The Balaban J connectivity index is 0.804. The second kappa shape index (κ2) is 24.1. The van der Waals surface area contributed by atoms with Gasteiger partial charge in [0, 0.05) is 134 Å². The summed E-state index contributed by atoms with van der Waals surface area (Å²) in [6, 6.07) is 127. The van der Waals surface area contributed by atoms with E-state index in [1.807, 2.05) is 11.3 Å². The molecule has 2 aromatic heterocycles. The topological polar surface area (TPSA) is 53.1 Å². The standard InChI is InChI=1S/C94H58B3N5O4S2/c1-9-29-59(30-10-1)98(60-31-11-2-12-32-60)67-49-78-88-82(51-67)103-80-58-81-75(97-90-84(104-81)53-69(100(63-37-17-5-18-38-63)64-39-19-6-20-40-64)54-85(90)106-92-71-46-26-28-48-87(71)108-94(92)97)56-74(80)95(88)72-55-73-77(57-76(72)101(78)65-41-21-7-22-42-65)102(66-43-23-8-24-44-66)79-50-68(99(61-33-13-3-14-34-61)62-35-15-4-16-36-62)52-83-89(79)96(73)93-91(105-83)70-45-25-27-47-86(70)107-93/h1-58H. The van der Waals surface area contributed by atoms with Crippen molar-refractivity contribution < 1.29 is 18.9 Å². The number of benzene rings is 15. The van der Waals surface area contributed by atoms with Crippen LogP contribution >= 0.6 is 22.7 Å². The number of ether oxygens (including phenoxy) is 4. The Labute approximate surface area is 633 Å². The van der Waals surface area contributed by atoms with Crippen LogP contribution in [0, 0.1) is 0 Å². The molecule has 23 rings (SSSR count). The summed E-state index contributed by atoms with van der Waals surface area (Å²) >= 11 is 3.64. The molecule has 0 saturated heterocycles. The fourth-order valence-electron chi connectivity index (χ4n) is 17.7. The first-order chi connectivity index (χ1) is 53.6. The van der Waals surface area contributed by atoms with E-state index in [0.29, 0.717) is 0 Å². The first-order valence-corrected chi connectivity index (χ1v) is 38.2. The summed E-state index contributed by atoms with van der Waals surface area (Å²) in [6.07, 6.45) is 0. The number of nitrogens with zero attached hydrogens (tertiary/aromatic N) is 5. The third-order valence-electron chi connectivity index (χ3n) is 22.1. The maximum Gasteiger partial charge on any atom is 0.273 e. The largest absolute Gasteiger partial charge is 0.458 e. The number of rotatable bonds is 11. The molecule has 504 valence electrons. The molecule has 0 unspecified atom stereocenters. The van der Waals surface area contributed by atoms with Gasteiger partial charge in [0.05, 0.1) is 17.1 Å². The van der Waals surface area contributed by atoms with Crippen molar-refractivity contribution in [1.29, 1.82) is 0 Å². The third-order valence-corrected chi connectivity index (χ3v) is 24.6. The molecule has 0 atom stereocenters. The molecule has 0 radical (unpaired) electrons. The SMILES string of the molecule is c1ccc(N(c2ccccc2)c2cc3c4c(c2)Oc2c(sc5ccccc25)B4c2cc4c(cc2O3)Oc2cc(N(c3ccccc3)c3ccccc3)cc3c2B4c2cc4c(cc2N3c2ccccc2)N(c2ccccc2)c2cc(N(c3ccccc3)c3ccccc3)cc3c2B4c2sc4ccccc4c2O3)cc1. The average Bonchev–Trinajstić information content (AvgIpc) is 0.928. The van der Waals surface area contributed by atoms with E-state index in [0.717, 1.165) is 184 Å². The lowest BCUT2D eigenvalue weighted by atomic mass is 9.30. The van der Waals surface area contributed by atoms with Gasteiger partial charge in [-0.2, -0.15) is 0 Å². The molecule has 0 bridgehead atoms. The molecule has 14 heteroatoms. The van der Waals surface area contributed by atoms with Crippen LogP contribution in [0.3, 0.4) is 0 Å². The highest BCUT2D eigenvalue weighted by Crippen LogP contribution is 2.53. The van der Waals surface area contributed by atoms with Crippen molar-refractivity contribution >= 4 is 196 Å². The highest BCUT2D eigenvalue weighted by molar-refractivity contribution is 7.34. The van der Waals surface area contributed by atoms with E-state index in [-0.39, 0.29) is 20.1 Å². The van der Waals surface area contributed by atoms with Crippen molar-refractivity contribution in [2.24, 2.45) is 0 Å². The minimum absolute atomic E-state index is 0.254. The molecule has 9 nitrogen and oxygen atoms in total. The van der Waals surface area contributed by atoms with Crippen LogP contribution in [0.1, 0.15) is 0 Å². The summed E-state index contributed by atoms with van der Waals surface area (Å²) in [5, 5.41) is 2.18. The summed E-state index contributed by atoms with van der Waals surface area (Å²) < 4.78 is 35.0. The van der Waals surface area contributed by atoms with E-state index >= 15 is 0 Å². The van der Waals surface area contributed by atoms with Gasteiger partial charge in [-0.15, -0.1) is 22.7 Å². The molecular formula is C94H58B3N5O4S2. The monoisotopic (exact) mass is 1420 g/mol. The van der Waals surface area contributed by atoms with Crippen LogP contribution in [0.4, 0.5) is 85.3 Å². The predicted molar refractivity (Wildman–Crippen MR) is 451 cm³/mol. The van der Waals surface area contributed by atoms with Crippen molar-refractivity contribution in [3.63, 3.8) is 0 Å². The van der Waals surface area contributed by atoms with E-state index in [9.17, 15) is 0 Å². The maximum atomic E-state index is 7.83. The number of fused-ring (bicyclic) bond motifs is 16. The van der Waals surface area contributed by atoms with Gasteiger partial charge in [0.2, 0.25) is 0 Å². The van der Waals surface area contributed by atoms with Gasteiger partial charge in [0.15, 0.2) is 0 Å². The molecule has 0 fully saturated rings. The minimum atomic E-state index is -0.379. The van der Waals surface area contributed by atoms with Crippen LogP contribution in [0.2, 0.25) is 0 Å². The molecule has 15 aromatic carbocycles. The molecule has 0 N–H and O–H groups in total. The highest BCUT2D eigenvalue weighted by atomic mass is 32.1. The molecule has 8 heterocycles. The van der Waals surface area contributed by atoms with Crippen LogP contribution in [0.15, 0.2) is 352 Å². The average molecular weight is 1420 g/mol. The first kappa shape index (κ1) is 61.0. The summed E-state index contributed by atoms with van der Waals surface area (Å²) in [6.45, 7) is -0.902. The van der Waals surface area contributed by atoms with Gasteiger partial charge < -0.3 is 43.4 Å². The van der Waals surface area contributed by atoms with Gasteiger partial charge in [0.1, 0.15) is 46.0 Å². The van der Waals surface area contributed by atoms with Crippen molar-refractivity contribution in [2.45, 2.75) is 0 Å². The molecular weight excluding hydrogens is 1360 g/mol. The zero-order valence-corrected chi connectivity index (χ0v) is 59.5. The third kappa shape index (κ3) is 9.33. The van der Waals surface area contributed by atoms with E-state index in [2.05, 4.69) is 376 Å². The van der Waals surface area contributed by atoms with Crippen LogP contribution in [-0.4, -0.2) is 20.1 Å². The van der Waals surface area contributed by atoms with Gasteiger partial charge >= 0.3 is 0 Å². The molecule has 0 amide bonds. The Morgan fingerprint density at radius 1 is 0.231 bits per heavy atom. The zero-order valence-electron chi connectivity index (χ0n) is 57.9. The highest BCUT2D eigenvalue weighted by Gasteiger charge is 2.51. The van der Waals surface area contributed by atoms with Crippen molar-refractivity contribution in [3.05, 3.63) is 352 Å². The normalized spacial score (nSPS) is 13.2.